The van der Waals surface area contributed by atoms with Crippen LogP contribution in [0.1, 0.15) is 85.5 Å². The lowest BCUT2D eigenvalue weighted by atomic mass is 9.45. The van der Waals surface area contributed by atoms with Crippen molar-refractivity contribution in [2.75, 3.05) is 13.1 Å². The standard InChI is InChI=1S/C24H44N2O/c1-16(2)25-13-14-26-18-9-11-23(3)17(15-18)5-6-19-20-7-8-22(27)24(20,4)12-10-21(19)23/h16-22,25-27H,5-15H2,1-4H3/t17-,18?,19?,20?,21?,22+,23+,24+/m1/s1. The third-order valence-electron chi connectivity index (χ3n) is 9.73. The molecule has 4 rings (SSSR count). The van der Waals surface area contributed by atoms with Crippen LogP contribution in [0.5, 0.6) is 0 Å². The van der Waals surface area contributed by atoms with E-state index in [-0.39, 0.29) is 11.5 Å². The van der Waals surface area contributed by atoms with Gasteiger partial charge in [0.05, 0.1) is 6.10 Å². The van der Waals surface area contributed by atoms with E-state index in [1.165, 1.54) is 51.4 Å². The molecule has 3 heteroatoms. The van der Waals surface area contributed by atoms with Gasteiger partial charge in [-0.25, -0.2) is 0 Å². The Morgan fingerprint density at radius 1 is 0.889 bits per heavy atom. The molecule has 4 aliphatic rings. The van der Waals surface area contributed by atoms with Crippen LogP contribution >= 0.6 is 0 Å². The molecule has 0 bridgehead atoms. The molecule has 4 unspecified atom stereocenters. The van der Waals surface area contributed by atoms with Gasteiger partial charge in [-0.2, -0.15) is 0 Å². The monoisotopic (exact) mass is 376 g/mol. The number of rotatable bonds is 5. The zero-order valence-electron chi connectivity index (χ0n) is 18.3. The minimum atomic E-state index is -0.0339. The molecule has 4 saturated carbocycles. The molecule has 0 heterocycles. The van der Waals surface area contributed by atoms with Crippen LogP contribution in [0.2, 0.25) is 0 Å². The summed E-state index contributed by atoms with van der Waals surface area (Å²) >= 11 is 0. The lowest BCUT2D eigenvalue weighted by Crippen LogP contribution is -2.55. The van der Waals surface area contributed by atoms with Crippen molar-refractivity contribution in [3.05, 3.63) is 0 Å². The maximum Gasteiger partial charge on any atom is 0.0596 e. The van der Waals surface area contributed by atoms with Crippen LogP contribution in [0, 0.1) is 34.5 Å². The first-order chi connectivity index (χ1) is 12.8. The number of aliphatic hydroxyl groups is 1. The van der Waals surface area contributed by atoms with Crippen molar-refractivity contribution in [1.29, 1.82) is 0 Å². The largest absolute Gasteiger partial charge is 0.393 e. The highest BCUT2D eigenvalue weighted by Crippen LogP contribution is 2.66. The first-order valence-corrected chi connectivity index (χ1v) is 12.0. The SMILES string of the molecule is CC(C)NCCNC1CC[C@]2(C)C3CC[C@@]4(C)C(CC[C@@H]4O)C3CC[C@@H]2C1. The van der Waals surface area contributed by atoms with Crippen molar-refractivity contribution in [3.63, 3.8) is 0 Å². The van der Waals surface area contributed by atoms with Gasteiger partial charge < -0.3 is 15.7 Å². The highest BCUT2D eigenvalue weighted by Gasteiger charge is 2.59. The maximum atomic E-state index is 10.6. The van der Waals surface area contributed by atoms with Crippen LogP contribution in [-0.4, -0.2) is 36.4 Å². The number of aliphatic hydroxyl groups excluding tert-OH is 1. The van der Waals surface area contributed by atoms with Gasteiger partial charge in [0.15, 0.2) is 0 Å². The van der Waals surface area contributed by atoms with Crippen LogP contribution in [0.4, 0.5) is 0 Å². The summed E-state index contributed by atoms with van der Waals surface area (Å²) in [6.07, 6.45) is 12.0. The summed E-state index contributed by atoms with van der Waals surface area (Å²) in [4.78, 5) is 0. The Labute approximate surface area is 167 Å². The van der Waals surface area contributed by atoms with E-state index in [4.69, 9.17) is 0 Å². The Hall–Kier alpha value is -0.120. The van der Waals surface area contributed by atoms with Gasteiger partial charge >= 0.3 is 0 Å². The van der Waals surface area contributed by atoms with Crippen LogP contribution in [0.25, 0.3) is 0 Å². The zero-order chi connectivity index (χ0) is 19.2. The summed E-state index contributed by atoms with van der Waals surface area (Å²) in [5.41, 5.74) is 0.790. The topological polar surface area (TPSA) is 44.3 Å². The van der Waals surface area contributed by atoms with E-state index in [1.807, 2.05) is 0 Å². The highest BCUT2D eigenvalue weighted by molar-refractivity contribution is 5.09. The fraction of sp³-hybridized carbons (Fsp3) is 1.00. The molecule has 0 spiro atoms. The van der Waals surface area contributed by atoms with Crippen molar-refractivity contribution < 1.29 is 5.11 Å². The molecular weight excluding hydrogens is 332 g/mol. The number of nitrogens with one attached hydrogen (secondary N) is 2. The normalized spacial score (nSPS) is 49.6. The van der Waals surface area contributed by atoms with Gasteiger partial charge in [-0.3, -0.25) is 0 Å². The van der Waals surface area contributed by atoms with Crippen molar-refractivity contribution in [1.82, 2.24) is 10.6 Å². The van der Waals surface area contributed by atoms with Gasteiger partial charge in [0.1, 0.15) is 0 Å². The quantitative estimate of drug-likeness (QED) is 0.625. The van der Waals surface area contributed by atoms with Crippen LogP contribution in [0.15, 0.2) is 0 Å². The molecule has 0 saturated heterocycles. The first-order valence-electron chi connectivity index (χ1n) is 12.0. The lowest BCUT2D eigenvalue weighted by molar-refractivity contribution is -0.123. The molecule has 4 fully saturated rings. The Morgan fingerprint density at radius 3 is 2.41 bits per heavy atom. The van der Waals surface area contributed by atoms with E-state index in [1.54, 1.807) is 0 Å². The molecule has 0 aromatic carbocycles. The average molecular weight is 377 g/mol. The molecule has 0 radical (unpaired) electrons. The number of fused-ring (bicyclic) bond motifs is 5. The van der Waals surface area contributed by atoms with Gasteiger partial charge in [-0.05, 0) is 92.3 Å². The van der Waals surface area contributed by atoms with Crippen molar-refractivity contribution in [3.8, 4) is 0 Å². The molecule has 0 aromatic rings. The van der Waals surface area contributed by atoms with Crippen LogP contribution < -0.4 is 10.6 Å². The summed E-state index contributed by atoms with van der Waals surface area (Å²) in [7, 11) is 0. The number of hydrogen-bond acceptors (Lipinski definition) is 3. The van der Waals surface area contributed by atoms with Gasteiger partial charge in [0.25, 0.3) is 0 Å². The fourth-order valence-corrected chi connectivity index (χ4v) is 8.05. The van der Waals surface area contributed by atoms with E-state index in [9.17, 15) is 5.11 Å². The second-order valence-electron chi connectivity index (χ2n) is 11.3. The molecule has 4 aliphatic carbocycles. The maximum absolute atomic E-state index is 10.6. The van der Waals surface area contributed by atoms with Crippen LogP contribution in [0.3, 0.4) is 0 Å². The summed E-state index contributed by atoms with van der Waals surface area (Å²) < 4.78 is 0. The molecule has 3 N–H and O–H groups in total. The van der Waals surface area contributed by atoms with E-state index >= 15 is 0 Å². The van der Waals surface area contributed by atoms with Crippen molar-refractivity contribution in [2.45, 2.75) is 104 Å². The van der Waals surface area contributed by atoms with Gasteiger partial charge in [-0.15, -0.1) is 0 Å². The predicted octanol–water partition coefficient (Wildman–Crippen LogP) is 4.35. The zero-order valence-corrected chi connectivity index (χ0v) is 18.3. The Morgan fingerprint density at radius 2 is 1.63 bits per heavy atom. The molecule has 0 amide bonds. The summed E-state index contributed by atoms with van der Waals surface area (Å²) in [5, 5.41) is 18.0. The van der Waals surface area contributed by atoms with Gasteiger partial charge in [0, 0.05) is 25.2 Å². The Kier molecular flexibility index (Phi) is 5.68. The predicted molar refractivity (Wildman–Crippen MR) is 113 cm³/mol. The molecule has 3 nitrogen and oxygen atoms in total. The summed E-state index contributed by atoms with van der Waals surface area (Å²) in [6, 6.07) is 1.32. The minimum Gasteiger partial charge on any atom is -0.393 e. The fourth-order valence-electron chi connectivity index (χ4n) is 8.05. The number of hydrogen-bond donors (Lipinski definition) is 3. The van der Waals surface area contributed by atoms with E-state index < -0.39 is 0 Å². The smallest absolute Gasteiger partial charge is 0.0596 e. The Balaban J connectivity index is 1.38. The molecule has 8 atom stereocenters. The third-order valence-corrected chi connectivity index (χ3v) is 9.73. The second kappa shape index (κ2) is 7.61. The molecular formula is C24H44N2O. The van der Waals surface area contributed by atoms with Crippen LogP contribution in [-0.2, 0) is 0 Å². The van der Waals surface area contributed by atoms with Crippen molar-refractivity contribution >= 4 is 0 Å². The summed E-state index contributed by atoms with van der Waals surface area (Å²) in [6.45, 7) is 11.7. The van der Waals surface area contributed by atoms with E-state index in [2.05, 4.69) is 38.3 Å². The first kappa shape index (κ1) is 20.2. The van der Waals surface area contributed by atoms with Gasteiger partial charge in [-0.1, -0.05) is 27.7 Å². The highest BCUT2D eigenvalue weighted by atomic mass is 16.3. The average Bonchev–Trinajstić information content (AvgIpc) is 2.94. The Bertz CT molecular complexity index is 523. The molecule has 156 valence electrons. The minimum absolute atomic E-state index is 0.0339. The summed E-state index contributed by atoms with van der Waals surface area (Å²) in [5.74, 6) is 3.52. The van der Waals surface area contributed by atoms with Gasteiger partial charge in [0.2, 0.25) is 0 Å². The van der Waals surface area contributed by atoms with E-state index in [0.29, 0.717) is 11.5 Å². The lowest BCUT2D eigenvalue weighted by Gasteiger charge is -2.61. The third kappa shape index (κ3) is 3.51. The molecule has 27 heavy (non-hydrogen) atoms. The van der Waals surface area contributed by atoms with E-state index in [0.717, 1.165) is 49.2 Å². The molecule has 0 aliphatic heterocycles. The molecule has 0 aromatic heterocycles. The van der Waals surface area contributed by atoms with Crippen molar-refractivity contribution in [2.24, 2.45) is 34.5 Å². The second-order valence-corrected chi connectivity index (χ2v) is 11.3.